The minimum Gasteiger partial charge on any atom is -0.494 e. The highest BCUT2D eigenvalue weighted by Gasteiger charge is 2.31. The van der Waals surface area contributed by atoms with Crippen LogP contribution in [0.4, 0.5) is 0 Å². The first-order valence-electron chi connectivity index (χ1n) is 16.4. The van der Waals surface area contributed by atoms with Crippen LogP contribution in [0.3, 0.4) is 0 Å². The topological polar surface area (TPSA) is 102 Å². The molecule has 44 heavy (non-hydrogen) atoms. The molecule has 0 aliphatic rings. The van der Waals surface area contributed by atoms with Crippen LogP contribution in [0.1, 0.15) is 79.1 Å². The first kappa shape index (κ1) is 29.9. The van der Waals surface area contributed by atoms with E-state index in [0.717, 1.165) is 73.4 Å². The molecule has 4 heterocycles. The van der Waals surface area contributed by atoms with Gasteiger partial charge in [-0.15, -0.1) is 0 Å². The number of fused-ring (bicyclic) bond motifs is 4. The maximum absolute atomic E-state index is 12.1. The highest BCUT2D eigenvalue weighted by atomic mass is 16.3. The van der Waals surface area contributed by atoms with Crippen LogP contribution in [0.2, 0.25) is 0 Å². The third-order valence-corrected chi connectivity index (χ3v) is 9.27. The van der Waals surface area contributed by atoms with Crippen molar-refractivity contribution in [1.82, 2.24) is 29.1 Å². The molecular formula is C36H44N6O2. The number of para-hydroxylation sites is 4. The van der Waals surface area contributed by atoms with Gasteiger partial charge in [0, 0.05) is 13.1 Å². The maximum atomic E-state index is 12.1. The third-order valence-electron chi connectivity index (χ3n) is 9.27. The van der Waals surface area contributed by atoms with Gasteiger partial charge in [0.2, 0.25) is 11.8 Å². The van der Waals surface area contributed by atoms with Gasteiger partial charge < -0.3 is 10.2 Å². The summed E-state index contributed by atoms with van der Waals surface area (Å²) in [5.74, 6) is 0.875. The number of aromatic hydroxyl groups is 2. The molecule has 0 aliphatic heterocycles. The monoisotopic (exact) mass is 592 g/mol. The van der Waals surface area contributed by atoms with Gasteiger partial charge in [0.05, 0.1) is 33.2 Å². The molecule has 2 atom stereocenters. The Hall–Kier alpha value is -4.20. The van der Waals surface area contributed by atoms with Crippen LogP contribution >= 0.6 is 0 Å². The van der Waals surface area contributed by atoms with Crippen molar-refractivity contribution < 1.29 is 10.2 Å². The van der Waals surface area contributed by atoms with Crippen molar-refractivity contribution in [2.24, 2.45) is 11.8 Å². The highest BCUT2D eigenvalue weighted by molar-refractivity contribution is 6.08. The molecule has 6 rings (SSSR count). The molecule has 0 saturated carbocycles. The molecule has 0 amide bonds. The number of hydrogen-bond acceptors (Lipinski definition) is 6. The molecule has 230 valence electrons. The minimum atomic E-state index is 0.0626. The van der Waals surface area contributed by atoms with E-state index in [1.165, 1.54) is 0 Å². The summed E-state index contributed by atoms with van der Waals surface area (Å²) in [6, 6.07) is 15.6. The predicted octanol–water partition coefficient (Wildman–Crippen LogP) is 8.99. The summed E-state index contributed by atoms with van der Waals surface area (Å²) in [5, 5.41) is 24.2. The molecule has 2 aromatic carbocycles. The number of rotatable bonds is 13. The SMILES string of the molecule is CCCCC(CC)Cn1c(O)c(-c2c(O)n(CC(CC)CCCC)c3nc4ccccc4nc23)c2nc3ccccc3nc21. The largest absolute Gasteiger partial charge is 0.494 e. The van der Waals surface area contributed by atoms with Gasteiger partial charge in [-0.1, -0.05) is 90.5 Å². The molecule has 0 radical (unpaired) electrons. The second-order valence-electron chi connectivity index (χ2n) is 12.2. The fourth-order valence-corrected chi connectivity index (χ4v) is 6.53. The first-order valence-corrected chi connectivity index (χ1v) is 16.4. The van der Waals surface area contributed by atoms with Crippen LogP contribution in [0.25, 0.3) is 55.5 Å². The van der Waals surface area contributed by atoms with E-state index in [9.17, 15) is 10.2 Å². The van der Waals surface area contributed by atoms with Gasteiger partial charge in [-0.3, -0.25) is 9.13 Å². The van der Waals surface area contributed by atoms with Gasteiger partial charge >= 0.3 is 0 Å². The van der Waals surface area contributed by atoms with Crippen LogP contribution in [0.15, 0.2) is 48.5 Å². The summed E-state index contributed by atoms with van der Waals surface area (Å²) in [6.45, 7) is 10.1. The van der Waals surface area contributed by atoms with Crippen LogP contribution in [0.5, 0.6) is 11.8 Å². The van der Waals surface area contributed by atoms with Gasteiger partial charge in [0.25, 0.3) is 0 Å². The molecule has 0 fully saturated rings. The minimum absolute atomic E-state index is 0.0626. The van der Waals surface area contributed by atoms with E-state index >= 15 is 0 Å². The third kappa shape index (κ3) is 5.35. The van der Waals surface area contributed by atoms with Gasteiger partial charge in [0.15, 0.2) is 11.3 Å². The van der Waals surface area contributed by atoms with E-state index in [1.54, 1.807) is 0 Å². The second-order valence-corrected chi connectivity index (χ2v) is 12.2. The van der Waals surface area contributed by atoms with Crippen LogP contribution < -0.4 is 0 Å². The zero-order chi connectivity index (χ0) is 30.8. The highest BCUT2D eigenvalue weighted by Crippen LogP contribution is 2.47. The van der Waals surface area contributed by atoms with Crippen molar-refractivity contribution in [3.8, 4) is 22.9 Å². The zero-order valence-electron chi connectivity index (χ0n) is 26.4. The normalized spacial score (nSPS) is 13.5. The number of nitrogens with zero attached hydrogens (tertiary/aromatic N) is 6. The Morgan fingerprint density at radius 3 is 1.27 bits per heavy atom. The van der Waals surface area contributed by atoms with Crippen molar-refractivity contribution >= 4 is 44.4 Å². The zero-order valence-corrected chi connectivity index (χ0v) is 26.4. The van der Waals surface area contributed by atoms with E-state index in [4.69, 9.17) is 19.9 Å². The fourth-order valence-electron chi connectivity index (χ4n) is 6.53. The van der Waals surface area contributed by atoms with E-state index < -0.39 is 0 Å². The van der Waals surface area contributed by atoms with Crippen LogP contribution in [-0.4, -0.2) is 39.3 Å². The Bertz CT molecular complexity index is 1780. The molecule has 0 saturated heterocycles. The lowest BCUT2D eigenvalue weighted by molar-refractivity contribution is 0.351. The lowest BCUT2D eigenvalue weighted by Gasteiger charge is -2.17. The smallest absolute Gasteiger partial charge is 0.203 e. The van der Waals surface area contributed by atoms with Crippen molar-refractivity contribution in [3.05, 3.63) is 48.5 Å². The molecule has 0 aliphatic carbocycles. The van der Waals surface area contributed by atoms with Crippen LogP contribution in [-0.2, 0) is 13.1 Å². The molecule has 8 nitrogen and oxygen atoms in total. The van der Waals surface area contributed by atoms with Crippen molar-refractivity contribution in [2.45, 2.75) is 92.2 Å². The van der Waals surface area contributed by atoms with Crippen LogP contribution in [0, 0.1) is 11.8 Å². The number of benzene rings is 2. The summed E-state index contributed by atoms with van der Waals surface area (Å²) in [6.07, 6.45) is 8.65. The molecule has 2 unspecified atom stereocenters. The average molecular weight is 593 g/mol. The van der Waals surface area contributed by atoms with Crippen molar-refractivity contribution in [3.63, 3.8) is 0 Å². The fraction of sp³-hybridized carbons (Fsp3) is 0.444. The summed E-state index contributed by atoms with van der Waals surface area (Å²) in [7, 11) is 0. The summed E-state index contributed by atoms with van der Waals surface area (Å²) in [5.41, 5.74) is 6.32. The molecule has 4 aromatic heterocycles. The Morgan fingerprint density at radius 2 is 0.932 bits per heavy atom. The van der Waals surface area contributed by atoms with E-state index in [2.05, 4.69) is 27.7 Å². The first-order chi connectivity index (χ1) is 21.5. The molecule has 6 aromatic rings. The Kier molecular flexibility index (Phi) is 8.69. The van der Waals surface area contributed by atoms with Gasteiger partial charge in [0.1, 0.15) is 11.0 Å². The van der Waals surface area contributed by atoms with Crippen molar-refractivity contribution in [1.29, 1.82) is 0 Å². The average Bonchev–Trinajstić information content (AvgIpc) is 3.45. The second kappa shape index (κ2) is 12.8. The Balaban J connectivity index is 1.64. The number of unbranched alkanes of at least 4 members (excludes halogenated alkanes) is 2. The maximum Gasteiger partial charge on any atom is 0.203 e. The molecule has 0 spiro atoms. The lowest BCUT2D eigenvalue weighted by Crippen LogP contribution is -2.10. The molecule has 8 heteroatoms. The van der Waals surface area contributed by atoms with Gasteiger partial charge in [-0.25, -0.2) is 19.9 Å². The van der Waals surface area contributed by atoms with Crippen molar-refractivity contribution in [2.75, 3.05) is 0 Å². The van der Waals surface area contributed by atoms with E-state index in [1.807, 2.05) is 57.7 Å². The summed E-state index contributed by atoms with van der Waals surface area (Å²) in [4.78, 5) is 20.2. The van der Waals surface area contributed by atoms with Gasteiger partial charge in [-0.2, -0.15) is 0 Å². The quantitative estimate of drug-likeness (QED) is 0.139. The Morgan fingerprint density at radius 1 is 0.568 bits per heavy atom. The number of aromatic nitrogens is 6. The predicted molar refractivity (Wildman–Crippen MR) is 179 cm³/mol. The lowest BCUT2D eigenvalue weighted by atomic mass is 9.99. The Labute approximate surface area is 258 Å². The summed E-state index contributed by atoms with van der Waals surface area (Å²) < 4.78 is 3.81. The number of hydrogen-bond donors (Lipinski definition) is 2. The molecular weight excluding hydrogens is 548 g/mol. The van der Waals surface area contributed by atoms with E-state index in [0.29, 0.717) is 58.4 Å². The molecule has 0 bridgehead atoms. The van der Waals surface area contributed by atoms with Gasteiger partial charge in [-0.05, 0) is 48.9 Å². The standard InChI is InChI=1S/C36H44N6O2/c1-5-9-15-23(7-3)21-41-33-31(37-25-17-11-13-19-27(25)39-33)29(35(41)43)30-32-34(40-28-20-14-12-18-26(28)38-32)42(36(30)44)22-24(8-4)16-10-6-2/h11-14,17-20,23-24,43-44H,5-10,15-16,21-22H2,1-4H3. The summed E-state index contributed by atoms with van der Waals surface area (Å²) >= 11 is 0. The van der Waals surface area contributed by atoms with E-state index in [-0.39, 0.29) is 11.8 Å². The molecule has 2 N–H and O–H groups in total.